The number of rotatable bonds is 5. The molecule has 2 aromatic heterocycles. The minimum absolute atomic E-state index is 0.0710. The van der Waals surface area contributed by atoms with Crippen LogP contribution >= 0.6 is 11.6 Å². The minimum atomic E-state index is 0.0710. The van der Waals surface area contributed by atoms with Gasteiger partial charge in [0, 0.05) is 11.8 Å². The molecule has 0 N–H and O–H groups in total. The lowest BCUT2D eigenvalue weighted by molar-refractivity contribution is 0.316. The summed E-state index contributed by atoms with van der Waals surface area (Å²) in [4.78, 5) is 16.1. The van der Waals surface area contributed by atoms with Crippen LogP contribution in [0.15, 0.2) is 18.5 Å². The standard InChI is InChI=1S/C12H13ClN4O2/c1-3-4-19-9-5-8(6-14-7-9)10-15-11(13)17-12(16-10)18-2/h5-7H,3-4H2,1-2H3. The van der Waals surface area contributed by atoms with E-state index in [1.165, 1.54) is 7.11 Å². The molecule has 0 amide bonds. The first-order valence-corrected chi connectivity index (χ1v) is 6.14. The van der Waals surface area contributed by atoms with Crippen LogP contribution in [0, 0.1) is 0 Å². The van der Waals surface area contributed by atoms with Crippen molar-refractivity contribution in [2.45, 2.75) is 13.3 Å². The maximum atomic E-state index is 5.81. The molecule has 2 heterocycles. The molecule has 0 aliphatic carbocycles. The van der Waals surface area contributed by atoms with Gasteiger partial charge in [0.05, 0.1) is 19.9 Å². The summed E-state index contributed by atoms with van der Waals surface area (Å²) >= 11 is 5.81. The first-order valence-electron chi connectivity index (χ1n) is 5.76. The van der Waals surface area contributed by atoms with E-state index in [-0.39, 0.29) is 11.3 Å². The van der Waals surface area contributed by atoms with Crippen molar-refractivity contribution < 1.29 is 9.47 Å². The van der Waals surface area contributed by atoms with Crippen LogP contribution in [-0.4, -0.2) is 33.7 Å². The topological polar surface area (TPSA) is 70.0 Å². The SMILES string of the molecule is CCCOc1cncc(-c2nc(Cl)nc(OC)n2)c1. The number of nitrogens with zero attached hydrogens (tertiary/aromatic N) is 4. The van der Waals surface area contributed by atoms with Crippen molar-refractivity contribution in [1.29, 1.82) is 0 Å². The smallest absolute Gasteiger partial charge is 0.321 e. The molecule has 19 heavy (non-hydrogen) atoms. The molecule has 0 aliphatic heterocycles. The summed E-state index contributed by atoms with van der Waals surface area (Å²) in [6.45, 7) is 2.67. The second-order valence-corrected chi connectivity index (χ2v) is 4.01. The predicted octanol–water partition coefficient (Wildman–Crippen LogP) is 2.38. The van der Waals surface area contributed by atoms with Gasteiger partial charge >= 0.3 is 6.01 Å². The van der Waals surface area contributed by atoms with Crippen molar-refractivity contribution >= 4 is 11.6 Å². The van der Waals surface area contributed by atoms with E-state index in [4.69, 9.17) is 21.1 Å². The van der Waals surface area contributed by atoms with Crippen LogP contribution in [0.2, 0.25) is 5.28 Å². The second kappa shape index (κ2) is 6.29. The van der Waals surface area contributed by atoms with Crippen LogP contribution in [0.4, 0.5) is 0 Å². The molecule has 0 aliphatic rings. The van der Waals surface area contributed by atoms with E-state index in [2.05, 4.69) is 19.9 Å². The summed E-state index contributed by atoms with van der Waals surface area (Å²) < 4.78 is 10.5. The van der Waals surface area contributed by atoms with E-state index >= 15 is 0 Å². The van der Waals surface area contributed by atoms with Crippen LogP contribution in [-0.2, 0) is 0 Å². The van der Waals surface area contributed by atoms with E-state index in [0.29, 0.717) is 23.7 Å². The zero-order chi connectivity index (χ0) is 13.7. The van der Waals surface area contributed by atoms with Crippen molar-refractivity contribution in [2.24, 2.45) is 0 Å². The number of ether oxygens (including phenoxy) is 2. The van der Waals surface area contributed by atoms with Gasteiger partial charge in [-0.1, -0.05) is 6.92 Å². The molecular formula is C12H13ClN4O2. The summed E-state index contributed by atoms with van der Waals surface area (Å²) in [7, 11) is 1.47. The zero-order valence-electron chi connectivity index (χ0n) is 10.6. The molecule has 0 aromatic carbocycles. The van der Waals surface area contributed by atoms with Gasteiger partial charge in [0.1, 0.15) is 5.75 Å². The van der Waals surface area contributed by atoms with Crippen LogP contribution in [0.5, 0.6) is 11.8 Å². The summed E-state index contributed by atoms with van der Waals surface area (Å²) in [6, 6.07) is 1.96. The first kappa shape index (κ1) is 13.5. The molecule has 0 unspecified atom stereocenters. The highest BCUT2D eigenvalue weighted by Gasteiger charge is 2.09. The van der Waals surface area contributed by atoms with Crippen molar-refractivity contribution in [2.75, 3.05) is 13.7 Å². The van der Waals surface area contributed by atoms with E-state index < -0.39 is 0 Å². The normalized spacial score (nSPS) is 10.3. The van der Waals surface area contributed by atoms with Gasteiger partial charge in [-0.3, -0.25) is 4.98 Å². The number of pyridine rings is 1. The summed E-state index contributed by atoms with van der Waals surface area (Å²) in [5.74, 6) is 1.06. The Bertz CT molecular complexity index is 565. The second-order valence-electron chi connectivity index (χ2n) is 3.67. The highest BCUT2D eigenvalue weighted by Crippen LogP contribution is 2.21. The van der Waals surface area contributed by atoms with Crippen molar-refractivity contribution in [3.8, 4) is 23.1 Å². The maximum Gasteiger partial charge on any atom is 0.321 e. The molecule has 6 nitrogen and oxygen atoms in total. The number of aromatic nitrogens is 4. The van der Waals surface area contributed by atoms with E-state index in [1.807, 2.05) is 6.92 Å². The first-order chi connectivity index (χ1) is 9.22. The molecule has 0 spiro atoms. The van der Waals surface area contributed by atoms with Crippen molar-refractivity contribution in [1.82, 2.24) is 19.9 Å². The van der Waals surface area contributed by atoms with Gasteiger partial charge in [0.2, 0.25) is 5.28 Å². The zero-order valence-corrected chi connectivity index (χ0v) is 11.4. The molecule has 0 saturated carbocycles. The fourth-order valence-corrected chi connectivity index (χ4v) is 1.54. The summed E-state index contributed by atoms with van der Waals surface area (Å²) in [5, 5.41) is 0.0710. The summed E-state index contributed by atoms with van der Waals surface area (Å²) in [6.07, 6.45) is 4.19. The molecule has 2 rings (SSSR count). The van der Waals surface area contributed by atoms with Gasteiger partial charge < -0.3 is 9.47 Å². The molecule has 0 saturated heterocycles. The Morgan fingerprint density at radius 3 is 2.79 bits per heavy atom. The quantitative estimate of drug-likeness (QED) is 0.837. The molecule has 7 heteroatoms. The highest BCUT2D eigenvalue weighted by molar-refractivity contribution is 6.28. The molecule has 2 aromatic rings. The van der Waals surface area contributed by atoms with E-state index in [0.717, 1.165) is 6.42 Å². The van der Waals surface area contributed by atoms with Gasteiger partial charge in [-0.2, -0.15) is 15.0 Å². The van der Waals surface area contributed by atoms with E-state index in [1.54, 1.807) is 18.5 Å². The average molecular weight is 281 g/mol. The van der Waals surface area contributed by atoms with E-state index in [9.17, 15) is 0 Å². The van der Waals surface area contributed by atoms with Gasteiger partial charge in [0.15, 0.2) is 5.82 Å². The third-order valence-corrected chi connectivity index (χ3v) is 2.38. The highest BCUT2D eigenvalue weighted by atomic mass is 35.5. The lowest BCUT2D eigenvalue weighted by Crippen LogP contribution is -1.99. The van der Waals surface area contributed by atoms with Crippen LogP contribution in [0.25, 0.3) is 11.4 Å². The Morgan fingerprint density at radius 2 is 2.05 bits per heavy atom. The van der Waals surface area contributed by atoms with Crippen LogP contribution in [0.3, 0.4) is 0 Å². The number of methoxy groups -OCH3 is 1. The Morgan fingerprint density at radius 1 is 1.21 bits per heavy atom. The molecule has 0 atom stereocenters. The third-order valence-electron chi connectivity index (χ3n) is 2.21. The Labute approximate surface area is 115 Å². The lowest BCUT2D eigenvalue weighted by Gasteiger charge is -2.06. The summed E-state index contributed by atoms with van der Waals surface area (Å²) in [5.41, 5.74) is 0.691. The Hall–Kier alpha value is -1.95. The predicted molar refractivity (Wildman–Crippen MR) is 70.4 cm³/mol. The minimum Gasteiger partial charge on any atom is -0.492 e. The van der Waals surface area contributed by atoms with Gasteiger partial charge in [0.25, 0.3) is 0 Å². The van der Waals surface area contributed by atoms with Crippen LogP contribution in [0.1, 0.15) is 13.3 Å². The molecule has 100 valence electrons. The Balaban J connectivity index is 2.32. The Kier molecular flexibility index (Phi) is 4.46. The fraction of sp³-hybridized carbons (Fsp3) is 0.333. The molecule has 0 radical (unpaired) electrons. The van der Waals surface area contributed by atoms with Crippen LogP contribution < -0.4 is 9.47 Å². The average Bonchev–Trinajstić information content (AvgIpc) is 2.44. The number of hydrogen-bond donors (Lipinski definition) is 0. The number of hydrogen-bond acceptors (Lipinski definition) is 6. The van der Waals surface area contributed by atoms with Gasteiger partial charge in [-0.15, -0.1) is 0 Å². The number of halogens is 1. The lowest BCUT2D eigenvalue weighted by atomic mass is 10.2. The monoisotopic (exact) mass is 280 g/mol. The fourth-order valence-electron chi connectivity index (χ4n) is 1.39. The third kappa shape index (κ3) is 3.51. The van der Waals surface area contributed by atoms with Crippen molar-refractivity contribution in [3.05, 3.63) is 23.7 Å². The largest absolute Gasteiger partial charge is 0.492 e. The van der Waals surface area contributed by atoms with Gasteiger partial charge in [-0.25, -0.2) is 0 Å². The molecule has 0 bridgehead atoms. The van der Waals surface area contributed by atoms with Crippen molar-refractivity contribution in [3.63, 3.8) is 0 Å². The molecular weight excluding hydrogens is 268 g/mol. The molecule has 0 fully saturated rings. The maximum absolute atomic E-state index is 5.81. The van der Waals surface area contributed by atoms with Gasteiger partial charge in [-0.05, 0) is 24.1 Å².